The Morgan fingerprint density at radius 2 is 1.27 bits per heavy atom. The van der Waals surface area contributed by atoms with Gasteiger partial charge in [0.15, 0.2) is 4.98 Å². The van der Waals surface area contributed by atoms with Gasteiger partial charge < -0.3 is 39.6 Å². The van der Waals surface area contributed by atoms with Crippen molar-refractivity contribution in [2.24, 2.45) is 0 Å². The van der Waals surface area contributed by atoms with Gasteiger partial charge in [0.05, 0.1) is 6.42 Å². The number of carbonyl (C=O) groups is 1. The minimum Gasteiger partial charge on any atom is -0.481 e. The number of benzene rings is 1. The number of halogens is 8. The number of diazo groups is 1. The van der Waals surface area contributed by atoms with Gasteiger partial charge in [-0.15, -0.1) is 0 Å². The lowest BCUT2D eigenvalue weighted by Crippen LogP contribution is -2.02. The predicted octanol–water partition coefficient (Wildman–Crippen LogP) is 4.40. The molecule has 0 spiro atoms. The molecule has 124 valence electrons. The van der Waals surface area contributed by atoms with E-state index in [1.54, 1.807) is 24.3 Å². The Morgan fingerprint density at radius 1 is 0.955 bits per heavy atom. The molecule has 0 bridgehead atoms. The fourth-order valence-electron chi connectivity index (χ4n) is 0.855. The highest BCUT2D eigenvalue weighted by atomic mass is 19.5. The molecule has 0 aliphatic carbocycles. The van der Waals surface area contributed by atoms with E-state index in [9.17, 15) is 39.3 Å². The molecule has 0 saturated heterocycles. The van der Waals surface area contributed by atoms with Crippen LogP contribution in [0.2, 0.25) is 0 Å². The minimum absolute atomic E-state index is 0.00823. The number of carboxylic acid groups (broad SMARTS) is 1. The first-order valence-electron chi connectivity index (χ1n) is 5.13. The lowest BCUT2D eigenvalue weighted by atomic mass is 10.1. The number of aliphatic carboxylic acids is 1. The van der Waals surface area contributed by atoms with Gasteiger partial charge in [0.25, 0.3) is 0 Å². The molecule has 0 saturated carbocycles. The Balaban J connectivity index is 0. The maximum atomic E-state index is 10.3. The van der Waals surface area contributed by atoms with Gasteiger partial charge in [-0.05, 0) is 5.56 Å². The van der Waals surface area contributed by atoms with Gasteiger partial charge in [-0.2, -0.15) is 0 Å². The molecule has 0 aromatic heterocycles. The Labute approximate surface area is 118 Å². The summed E-state index contributed by atoms with van der Waals surface area (Å²) in [5.41, 5.74) is 1.11. The van der Waals surface area contributed by atoms with E-state index in [-0.39, 0.29) is 6.42 Å². The summed E-state index contributed by atoms with van der Waals surface area (Å²) in [6.07, 6.45) is -0.00823. The SMILES string of the molecule is F[B-](F)(F)F.F[B-](F)(F)F.N#[N+]c1ccc(CC(=O)O)cc1. The standard InChI is InChI=1S/C8H6N2O2.2BF4/c9-10-7-3-1-6(2-4-7)5-8(11)12;2*2-1(3,4)5/h1-4H,5H2;;/q;2*-1/p+1. The van der Waals surface area contributed by atoms with E-state index in [0.717, 1.165) is 0 Å². The molecule has 1 aromatic rings. The Morgan fingerprint density at radius 3 is 1.50 bits per heavy atom. The molecule has 1 N–H and O–H groups in total. The molecule has 0 aliphatic rings. The Hall–Kier alpha value is -2.32. The number of nitrogens with zero attached hydrogens (tertiary/aromatic N) is 2. The van der Waals surface area contributed by atoms with Gasteiger partial charge in [0.2, 0.25) is 5.39 Å². The van der Waals surface area contributed by atoms with Crippen LogP contribution in [0.3, 0.4) is 0 Å². The summed E-state index contributed by atoms with van der Waals surface area (Å²) >= 11 is 0. The van der Waals surface area contributed by atoms with E-state index >= 15 is 0 Å². The third kappa shape index (κ3) is 26.3. The van der Waals surface area contributed by atoms with E-state index < -0.39 is 20.5 Å². The fraction of sp³-hybridized carbons (Fsp3) is 0.125. The molecule has 0 amide bonds. The summed E-state index contributed by atoms with van der Waals surface area (Å²) in [7, 11) is -12.0. The first kappa shape index (κ1) is 22.0. The zero-order valence-corrected chi connectivity index (χ0v) is 10.4. The van der Waals surface area contributed by atoms with Crippen molar-refractivity contribution >= 4 is 26.2 Å². The number of hydrogen-bond acceptors (Lipinski definition) is 2. The summed E-state index contributed by atoms with van der Waals surface area (Å²) in [5.74, 6) is -0.872. The second-order valence-corrected chi connectivity index (χ2v) is 3.33. The molecule has 1 aromatic carbocycles. The van der Waals surface area contributed by atoms with Crippen LogP contribution >= 0.6 is 0 Å². The van der Waals surface area contributed by atoms with Crippen molar-refractivity contribution in [1.29, 1.82) is 5.39 Å². The average molecular weight is 337 g/mol. The molecule has 22 heavy (non-hydrogen) atoms. The summed E-state index contributed by atoms with van der Waals surface area (Å²) in [4.78, 5) is 13.2. The van der Waals surface area contributed by atoms with Crippen molar-refractivity contribution in [2.45, 2.75) is 6.42 Å². The van der Waals surface area contributed by atoms with E-state index in [0.29, 0.717) is 11.3 Å². The van der Waals surface area contributed by atoms with E-state index in [1.807, 2.05) is 0 Å². The van der Waals surface area contributed by atoms with Gasteiger partial charge >= 0.3 is 26.2 Å². The first-order chi connectivity index (χ1) is 9.72. The third-order valence-electron chi connectivity index (χ3n) is 1.41. The molecular weight excluding hydrogens is 330 g/mol. The van der Waals surface area contributed by atoms with Crippen LogP contribution < -0.4 is 0 Å². The van der Waals surface area contributed by atoms with Crippen LogP contribution in [0.15, 0.2) is 24.3 Å². The van der Waals surface area contributed by atoms with E-state index in [4.69, 9.17) is 10.5 Å². The van der Waals surface area contributed by atoms with Crippen LogP contribution in [-0.4, -0.2) is 25.6 Å². The fourth-order valence-corrected chi connectivity index (χ4v) is 0.855. The van der Waals surface area contributed by atoms with Crippen LogP contribution in [0, 0.1) is 5.39 Å². The molecular formula is C8H7B2F8N2O2-. The summed E-state index contributed by atoms with van der Waals surface area (Å²) < 4.78 is 78.0. The number of carboxylic acids is 1. The van der Waals surface area contributed by atoms with Gasteiger partial charge in [-0.1, -0.05) is 12.1 Å². The molecule has 0 heterocycles. The Bertz CT molecular complexity index is 473. The monoisotopic (exact) mass is 337 g/mol. The topological polar surface area (TPSA) is 65.5 Å². The van der Waals surface area contributed by atoms with Crippen molar-refractivity contribution in [2.75, 3.05) is 0 Å². The number of hydrogen-bond donors (Lipinski definition) is 1. The maximum absolute atomic E-state index is 10.3. The summed E-state index contributed by atoms with van der Waals surface area (Å²) in [6.45, 7) is 0. The summed E-state index contributed by atoms with van der Waals surface area (Å²) in [6, 6.07) is 6.34. The molecule has 0 atom stereocenters. The molecule has 0 aliphatic heterocycles. The molecule has 0 fully saturated rings. The van der Waals surface area contributed by atoms with E-state index in [2.05, 4.69) is 4.98 Å². The maximum Gasteiger partial charge on any atom is 0.673 e. The van der Waals surface area contributed by atoms with Crippen molar-refractivity contribution < 1.29 is 44.4 Å². The predicted molar refractivity (Wildman–Crippen MR) is 62.9 cm³/mol. The Kier molecular flexibility index (Phi) is 9.57. The molecule has 14 heteroatoms. The first-order valence-corrected chi connectivity index (χ1v) is 5.13. The van der Waals surface area contributed by atoms with Crippen LogP contribution in [0.5, 0.6) is 0 Å². The van der Waals surface area contributed by atoms with Crippen LogP contribution in [0.25, 0.3) is 4.98 Å². The van der Waals surface area contributed by atoms with Crippen LogP contribution in [0.4, 0.5) is 40.2 Å². The number of rotatable bonds is 2. The van der Waals surface area contributed by atoms with Crippen molar-refractivity contribution in [3.63, 3.8) is 0 Å². The zero-order chi connectivity index (χ0) is 18.0. The molecule has 1 rings (SSSR count). The van der Waals surface area contributed by atoms with Crippen LogP contribution in [0.1, 0.15) is 5.56 Å². The zero-order valence-electron chi connectivity index (χ0n) is 10.4. The van der Waals surface area contributed by atoms with Gasteiger partial charge in [-0.3, -0.25) is 4.79 Å². The van der Waals surface area contributed by atoms with Gasteiger partial charge in [-0.25, -0.2) is 0 Å². The van der Waals surface area contributed by atoms with Crippen molar-refractivity contribution in [3.8, 4) is 0 Å². The highest BCUT2D eigenvalue weighted by Gasteiger charge is 2.21. The van der Waals surface area contributed by atoms with Gasteiger partial charge in [0.1, 0.15) is 0 Å². The third-order valence-corrected chi connectivity index (χ3v) is 1.41. The lowest BCUT2D eigenvalue weighted by Gasteiger charge is -1.94. The normalized spacial score (nSPS) is 10.3. The average Bonchev–Trinajstić information content (AvgIpc) is 2.24. The largest absolute Gasteiger partial charge is 0.673 e. The molecule has 0 radical (unpaired) electrons. The second-order valence-electron chi connectivity index (χ2n) is 3.33. The molecule has 0 unspecified atom stereocenters. The highest BCUT2D eigenvalue weighted by Crippen LogP contribution is 2.12. The second kappa shape index (κ2) is 9.59. The van der Waals surface area contributed by atoms with Crippen molar-refractivity contribution in [1.82, 2.24) is 0 Å². The van der Waals surface area contributed by atoms with E-state index in [1.165, 1.54) is 0 Å². The summed E-state index contributed by atoms with van der Waals surface area (Å²) in [5, 5.41) is 16.7. The lowest BCUT2D eigenvalue weighted by molar-refractivity contribution is -0.136. The molecule has 4 nitrogen and oxygen atoms in total. The highest BCUT2D eigenvalue weighted by molar-refractivity contribution is 6.50. The van der Waals surface area contributed by atoms with Crippen LogP contribution in [-0.2, 0) is 11.2 Å². The van der Waals surface area contributed by atoms with Crippen molar-refractivity contribution in [3.05, 3.63) is 34.8 Å². The minimum atomic E-state index is -6.00. The van der Waals surface area contributed by atoms with Gasteiger partial charge in [0, 0.05) is 12.1 Å². The quantitative estimate of drug-likeness (QED) is 0.494. The smallest absolute Gasteiger partial charge is 0.481 e.